The molecule has 0 aliphatic carbocycles. The molecule has 0 saturated carbocycles. The van der Waals surface area contributed by atoms with Crippen molar-refractivity contribution in [2.24, 2.45) is 0 Å². The molecule has 0 amide bonds. The zero-order valence-electron chi connectivity index (χ0n) is 15.8. The largest absolute Gasteiger partial charge is 0.354 e. The predicted octanol–water partition coefficient (Wildman–Crippen LogP) is 7.16. The third-order valence-electron chi connectivity index (χ3n) is 5.05. The standard InChI is InChI=1S/C24H29NO/c1-2-3-4-5-6-7-11-18-22(26)23-20-16-12-13-17-21(20)25-24(23)19-14-9-8-10-15-19/h8-10,12-17,25H,2-7,11,18H2,1H3. The minimum absolute atomic E-state index is 0.259. The lowest BCUT2D eigenvalue weighted by molar-refractivity contribution is 0.0981. The Morgan fingerprint density at radius 3 is 2.23 bits per heavy atom. The SMILES string of the molecule is CCCCCCCCCC(=O)c1c(-c2ccccc2)[nH]c2ccccc12. The number of nitrogens with one attached hydrogen (secondary N) is 1. The predicted molar refractivity (Wildman–Crippen MR) is 111 cm³/mol. The third kappa shape index (κ3) is 4.43. The van der Waals surface area contributed by atoms with Gasteiger partial charge in [0.25, 0.3) is 0 Å². The number of carbonyl (C=O) groups excluding carboxylic acids is 1. The van der Waals surface area contributed by atoms with E-state index >= 15 is 0 Å². The monoisotopic (exact) mass is 347 g/mol. The lowest BCUT2D eigenvalue weighted by atomic mass is 9.98. The molecular formula is C24H29NO. The van der Waals surface area contributed by atoms with Gasteiger partial charge in [-0.15, -0.1) is 0 Å². The number of Topliss-reactive ketones (excluding diaryl/α,β-unsaturated/α-hetero) is 1. The maximum atomic E-state index is 13.0. The number of unbranched alkanes of at least 4 members (excludes halogenated alkanes) is 6. The summed E-state index contributed by atoms with van der Waals surface area (Å²) < 4.78 is 0. The molecule has 0 saturated heterocycles. The van der Waals surface area contributed by atoms with Crippen LogP contribution in [0.4, 0.5) is 0 Å². The summed E-state index contributed by atoms with van der Waals surface area (Å²) in [5.74, 6) is 0.259. The van der Waals surface area contributed by atoms with Gasteiger partial charge in [-0.05, 0) is 18.1 Å². The maximum Gasteiger partial charge on any atom is 0.165 e. The summed E-state index contributed by atoms with van der Waals surface area (Å²) in [4.78, 5) is 16.5. The molecule has 0 unspecified atom stereocenters. The Morgan fingerprint density at radius 1 is 0.808 bits per heavy atom. The first-order valence-electron chi connectivity index (χ1n) is 10.0. The fourth-order valence-corrected chi connectivity index (χ4v) is 3.62. The Hall–Kier alpha value is -2.35. The molecule has 2 aromatic carbocycles. The highest BCUT2D eigenvalue weighted by atomic mass is 16.1. The van der Waals surface area contributed by atoms with Crippen LogP contribution >= 0.6 is 0 Å². The number of fused-ring (bicyclic) bond motifs is 1. The van der Waals surface area contributed by atoms with Gasteiger partial charge >= 0.3 is 0 Å². The molecule has 3 aromatic rings. The van der Waals surface area contributed by atoms with Gasteiger partial charge in [-0.2, -0.15) is 0 Å². The Balaban J connectivity index is 1.73. The van der Waals surface area contributed by atoms with Crippen molar-refractivity contribution in [1.82, 2.24) is 4.98 Å². The van der Waals surface area contributed by atoms with Gasteiger partial charge in [0.05, 0.1) is 11.3 Å². The average molecular weight is 348 g/mol. The van der Waals surface area contributed by atoms with Crippen molar-refractivity contribution < 1.29 is 4.79 Å². The van der Waals surface area contributed by atoms with E-state index in [1.807, 2.05) is 36.4 Å². The van der Waals surface area contributed by atoms with Gasteiger partial charge in [-0.25, -0.2) is 0 Å². The van der Waals surface area contributed by atoms with Crippen LogP contribution in [0.1, 0.15) is 68.6 Å². The molecule has 0 atom stereocenters. The van der Waals surface area contributed by atoms with Crippen molar-refractivity contribution in [2.75, 3.05) is 0 Å². The first-order chi connectivity index (χ1) is 12.8. The van der Waals surface area contributed by atoms with E-state index in [-0.39, 0.29) is 5.78 Å². The molecule has 136 valence electrons. The Labute approximate surface area is 156 Å². The summed E-state index contributed by atoms with van der Waals surface area (Å²) in [5, 5.41) is 1.04. The minimum atomic E-state index is 0.259. The number of carbonyl (C=O) groups is 1. The van der Waals surface area contributed by atoms with Crippen molar-refractivity contribution in [3.63, 3.8) is 0 Å². The van der Waals surface area contributed by atoms with Crippen LogP contribution in [-0.4, -0.2) is 10.8 Å². The number of hydrogen-bond acceptors (Lipinski definition) is 1. The summed E-state index contributed by atoms with van der Waals surface area (Å²) in [6, 6.07) is 18.3. The van der Waals surface area contributed by atoms with Gasteiger partial charge in [0, 0.05) is 17.3 Å². The van der Waals surface area contributed by atoms with E-state index in [2.05, 4.69) is 30.1 Å². The van der Waals surface area contributed by atoms with E-state index in [1.54, 1.807) is 0 Å². The van der Waals surface area contributed by atoms with Crippen LogP contribution in [0.2, 0.25) is 0 Å². The zero-order chi connectivity index (χ0) is 18.2. The first kappa shape index (κ1) is 18.4. The number of benzene rings is 2. The normalized spacial score (nSPS) is 11.1. The molecule has 2 nitrogen and oxygen atoms in total. The Bertz CT molecular complexity index is 832. The molecule has 26 heavy (non-hydrogen) atoms. The van der Waals surface area contributed by atoms with Crippen LogP contribution in [0.15, 0.2) is 54.6 Å². The van der Waals surface area contributed by atoms with E-state index in [4.69, 9.17) is 0 Å². The van der Waals surface area contributed by atoms with Gasteiger partial charge in [-0.1, -0.05) is 94.0 Å². The lowest BCUT2D eigenvalue weighted by Crippen LogP contribution is -2.00. The molecule has 2 heteroatoms. The van der Waals surface area contributed by atoms with E-state index in [0.29, 0.717) is 6.42 Å². The van der Waals surface area contributed by atoms with Crippen LogP contribution in [0.25, 0.3) is 22.2 Å². The molecular weight excluding hydrogens is 318 g/mol. The highest BCUT2D eigenvalue weighted by Crippen LogP contribution is 2.31. The van der Waals surface area contributed by atoms with Gasteiger partial charge < -0.3 is 4.98 Å². The Kier molecular flexibility index (Phi) is 6.65. The number of ketones is 1. The van der Waals surface area contributed by atoms with Crippen LogP contribution in [0.3, 0.4) is 0 Å². The summed E-state index contributed by atoms with van der Waals surface area (Å²) in [6.45, 7) is 2.24. The van der Waals surface area contributed by atoms with Crippen LogP contribution in [0, 0.1) is 0 Å². The molecule has 0 radical (unpaired) electrons. The highest BCUT2D eigenvalue weighted by molar-refractivity contribution is 6.13. The van der Waals surface area contributed by atoms with Gasteiger partial charge in [0.15, 0.2) is 5.78 Å². The molecule has 1 N–H and O–H groups in total. The van der Waals surface area contributed by atoms with Crippen molar-refractivity contribution in [3.8, 4) is 11.3 Å². The van der Waals surface area contributed by atoms with Crippen LogP contribution in [0.5, 0.6) is 0 Å². The second-order valence-corrected chi connectivity index (χ2v) is 7.08. The Morgan fingerprint density at radius 2 is 1.46 bits per heavy atom. The van der Waals surface area contributed by atoms with Crippen molar-refractivity contribution in [3.05, 3.63) is 60.2 Å². The highest BCUT2D eigenvalue weighted by Gasteiger charge is 2.18. The fourth-order valence-electron chi connectivity index (χ4n) is 3.62. The second-order valence-electron chi connectivity index (χ2n) is 7.08. The summed E-state index contributed by atoms with van der Waals surface area (Å²) >= 11 is 0. The fraction of sp³-hybridized carbons (Fsp3) is 0.375. The number of aromatic nitrogens is 1. The lowest BCUT2D eigenvalue weighted by Gasteiger charge is -2.05. The van der Waals surface area contributed by atoms with Gasteiger partial charge in [0.1, 0.15) is 0 Å². The zero-order valence-corrected chi connectivity index (χ0v) is 15.8. The quantitative estimate of drug-likeness (QED) is 0.306. The smallest absolute Gasteiger partial charge is 0.165 e. The van der Waals surface area contributed by atoms with E-state index in [1.165, 1.54) is 32.1 Å². The van der Waals surface area contributed by atoms with Crippen molar-refractivity contribution in [2.45, 2.75) is 58.3 Å². The van der Waals surface area contributed by atoms with Crippen LogP contribution < -0.4 is 0 Å². The van der Waals surface area contributed by atoms with Gasteiger partial charge in [0.2, 0.25) is 0 Å². The number of hydrogen-bond donors (Lipinski definition) is 1. The number of aromatic amines is 1. The minimum Gasteiger partial charge on any atom is -0.354 e. The maximum absolute atomic E-state index is 13.0. The third-order valence-corrected chi connectivity index (χ3v) is 5.05. The summed E-state index contributed by atoms with van der Waals surface area (Å²) in [6.07, 6.45) is 9.24. The number of para-hydroxylation sites is 1. The molecule has 0 aliphatic heterocycles. The second kappa shape index (κ2) is 9.38. The molecule has 1 aromatic heterocycles. The average Bonchev–Trinajstić information content (AvgIpc) is 3.07. The molecule has 0 aliphatic rings. The first-order valence-corrected chi connectivity index (χ1v) is 10.0. The van der Waals surface area contributed by atoms with E-state index in [0.717, 1.165) is 40.6 Å². The molecule has 0 fully saturated rings. The number of rotatable bonds is 10. The van der Waals surface area contributed by atoms with E-state index < -0.39 is 0 Å². The van der Waals surface area contributed by atoms with Gasteiger partial charge in [-0.3, -0.25) is 4.79 Å². The molecule has 0 spiro atoms. The molecule has 0 bridgehead atoms. The van der Waals surface area contributed by atoms with Crippen molar-refractivity contribution in [1.29, 1.82) is 0 Å². The van der Waals surface area contributed by atoms with Crippen molar-refractivity contribution >= 4 is 16.7 Å². The molecule has 1 heterocycles. The number of H-pyrrole nitrogens is 1. The topological polar surface area (TPSA) is 32.9 Å². The van der Waals surface area contributed by atoms with E-state index in [9.17, 15) is 4.79 Å². The summed E-state index contributed by atoms with van der Waals surface area (Å²) in [5.41, 5.74) is 3.93. The molecule has 3 rings (SSSR count). The van der Waals surface area contributed by atoms with Crippen LogP contribution in [-0.2, 0) is 0 Å². The summed E-state index contributed by atoms with van der Waals surface area (Å²) in [7, 11) is 0.